The van der Waals surface area contributed by atoms with Crippen LogP contribution >= 0.6 is 0 Å². The third-order valence-corrected chi connectivity index (χ3v) is 3.95. The Kier molecular flexibility index (Phi) is 8.44. The molecule has 0 aliphatic heterocycles. The molecule has 1 N–H and O–H groups in total. The average Bonchev–Trinajstić information content (AvgIpc) is 2.76. The molecule has 0 saturated heterocycles. The smallest absolute Gasteiger partial charge is 0.331 e. The van der Waals surface area contributed by atoms with Crippen molar-refractivity contribution in [2.24, 2.45) is 0 Å². The molecule has 0 aliphatic carbocycles. The van der Waals surface area contributed by atoms with Crippen LogP contribution in [0.2, 0.25) is 0 Å². The number of carbonyl (C=O) groups is 3. The number of ether oxygens (including phenoxy) is 3. The number of hydrogen-bond acceptors (Lipinski definition) is 6. The van der Waals surface area contributed by atoms with Crippen LogP contribution in [0.4, 0.5) is 0 Å². The minimum Gasteiger partial charge on any atom is -0.497 e. The van der Waals surface area contributed by atoms with Crippen molar-refractivity contribution in [2.45, 2.75) is 12.5 Å². The Hall–Kier alpha value is -3.61. The standard InChI is InChI=1S/C22H23NO6/c1-27-18-10-6-9-17(13-18)11-12-21(25)29-15-20(24)23-19(22(26)28-2)14-16-7-4-3-5-8-16/h3-13,19H,14-15H2,1-2H3,(H,23,24)/b12-11+/t19-/m1/s1. The second-order valence-electron chi connectivity index (χ2n) is 6.05. The molecular formula is C22H23NO6. The summed E-state index contributed by atoms with van der Waals surface area (Å²) in [6.07, 6.45) is 3.03. The third kappa shape index (κ3) is 7.50. The summed E-state index contributed by atoms with van der Waals surface area (Å²) >= 11 is 0. The highest BCUT2D eigenvalue weighted by Gasteiger charge is 2.22. The average molecular weight is 397 g/mol. The predicted octanol–water partition coefficient (Wildman–Crippen LogP) is 2.15. The molecule has 0 fully saturated rings. The lowest BCUT2D eigenvalue weighted by Gasteiger charge is -2.16. The molecule has 0 saturated carbocycles. The molecule has 2 aromatic carbocycles. The lowest BCUT2D eigenvalue weighted by molar-refractivity contribution is -0.147. The Morgan fingerprint density at radius 2 is 1.79 bits per heavy atom. The lowest BCUT2D eigenvalue weighted by Crippen LogP contribution is -2.44. The van der Waals surface area contributed by atoms with Crippen molar-refractivity contribution in [1.29, 1.82) is 0 Å². The number of hydrogen-bond donors (Lipinski definition) is 1. The molecule has 0 bridgehead atoms. The fraction of sp³-hybridized carbons (Fsp3) is 0.227. The Bertz CT molecular complexity index is 863. The van der Waals surface area contributed by atoms with Crippen molar-refractivity contribution < 1.29 is 28.6 Å². The highest BCUT2D eigenvalue weighted by Crippen LogP contribution is 2.13. The SMILES string of the molecule is COC(=O)[C@@H](Cc1ccccc1)NC(=O)COC(=O)/C=C/c1cccc(OC)c1. The Balaban J connectivity index is 1.86. The van der Waals surface area contributed by atoms with Gasteiger partial charge in [-0.1, -0.05) is 42.5 Å². The summed E-state index contributed by atoms with van der Waals surface area (Å²) in [5, 5.41) is 2.53. The van der Waals surface area contributed by atoms with Crippen molar-refractivity contribution in [3.63, 3.8) is 0 Å². The minimum absolute atomic E-state index is 0.267. The quantitative estimate of drug-likeness (QED) is 0.515. The summed E-state index contributed by atoms with van der Waals surface area (Å²) in [6, 6.07) is 15.4. The van der Waals surface area contributed by atoms with Gasteiger partial charge in [-0.15, -0.1) is 0 Å². The van der Waals surface area contributed by atoms with Crippen LogP contribution < -0.4 is 10.1 Å². The predicted molar refractivity (Wildman–Crippen MR) is 107 cm³/mol. The summed E-state index contributed by atoms with van der Waals surface area (Å²) in [7, 11) is 2.80. The van der Waals surface area contributed by atoms with E-state index in [-0.39, 0.29) is 6.42 Å². The number of rotatable bonds is 9. The maximum absolute atomic E-state index is 12.1. The first-order valence-corrected chi connectivity index (χ1v) is 8.92. The highest BCUT2D eigenvalue weighted by molar-refractivity contribution is 5.90. The van der Waals surface area contributed by atoms with Gasteiger partial charge in [-0.3, -0.25) is 4.79 Å². The summed E-state index contributed by atoms with van der Waals surface area (Å²) in [6.45, 7) is -0.510. The molecule has 0 aliphatic rings. The van der Waals surface area contributed by atoms with E-state index in [9.17, 15) is 14.4 Å². The number of nitrogens with one attached hydrogen (secondary N) is 1. The molecular weight excluding hydrogens is 374 g/mol. The van der Waals surface area contributed by atoms with E-state index in [1.165, 1.54) is 13.2 Å². The molecule has 0 unspecified atom stereocenters. The van der Waals surface area contributed by atoms with Gasteiger partial charge in [-0.05, 0) is 29.3 Å². The van der Waals surface area contributed by atoms with Crippen LogP contribution in [-0.4, -0.2) is 44.7 Å². The molecule has 0 aromatic heterocycles. The molecule has 2 aromatic rings. The Labute approximate surface area is 169 Å². The van der Waals surface area contributed by atoms with Crippen LogP contribution in [0.25, 0.3) is 6.08 Å². The molecule has 7 nitrogen and oxygen atoms in total. The maximum Gasteiger partial charge on any atom is 0.331 e. The van der Waals surface area contributed by atoms with Crippen LogP contribution in [0.5, 0.6) is 5.75 Å². The minimum atomic E-state index is -0.874. The van der Waals surface area contributed by atoms with Gasteiger partial charge in [-0.2, -0.15) is 0 Å². The van der Waals surface area contributed by atoms with Gasteiger partial charge in [0.2, 0.25) is 0 Å². The zero-order valence-corrected chi connectivity index (χ0v) is 16.3. The van der Waals surface area contributed by atoms with Gasteiger partial charge in [-0.25, -0.2) is 9.59 Å². The summed E-state index contributed by atoms with van der Waals surface area (Å²) in [4.78, 5) is 35.9. The van der Waals surface area contributed by atoms with Gasteiger partial charge in [0.05, 0.1) is 14.2 Å². The van der Waals surface area contributed by atoms with Gasteiger partial charge < -0.3 is 19.5 Å². The van der Waals surface area contributed by atoms with Gasteiger partial charge in [0.1, 0.15) is 11.8 Å². The van der Waals surface area contributed by atoms with Crippen LogP contribution in [-0.2, 0) is 30.3 Å². The van der Waals surface area contributed by atoms with E-state index in [0.717, 1.165) is 11.1 Å². The van der Waals surface area contributed by atoms with Crippen LogP contribution in [0.15, 0.2) is 60.7 Å². The summed E-state index contributed by atoms with van der Waals surface area (Å²) < 4.78 is 14.8. The lowest BCUT2D eigenvalue weighted by atomic mass is 10.1. The maximum atomic E-state index is 12.1. The van der Waals surface area contributed by atoms with Crippen molar-refractivity contribution in [3.8, 4) is 5.75 Å². The van der Waals surface area contributed by atoms with Crippen molar-refractivity contribution in [2.75, 3.05) is 20.8 Å². The van der Waals surface area contributed by atoms with E-state index < -0.39 is 30.5 Å². The fourth-order valence-electron chi connectivity index (χ4n) is 2.52. The zero-order valence-electron chi connectivity index (χ0n) is 16.3. The third-order valence-electron chi connectivity index (χ3n) is 3.95. The highest BCUT2D eigenvalue weighted by atomic mass is 16.5. The molecule has 0 heterocycles. The number of esters is 2. The van der Waals surface area contributed by atoms with Crippen molar-refractivity contribution in [3.05, 3.63) is 71.8 Å². The van der Waals surface area contributed by atoms with Gasteiger partial charge in [0, 0.05) is 12.5 Å². The number of benzene rings is 2. The van der Waals surface area contributed by atoms with E-state index in [1.807, 2.05) is 30.3 Å². The number of amides is 1. The summed E-state index contributed by atoms with van der Waals surface area (Å²) in [5.41, 5.74) is 1.61. The van der Waals surface area contributed by atoms with E-state index in [4.69, 9.17) is 14.2 Å². The zero-order chi connectivity index (χ0) is 21.1. The monoisotopic (exact) mass is 397 g/mol. The van der Waals surface area contributed by atoms with Gasteiger partial charge in [0.25, 0.3) is 5.91 Å². The summed E-state index contributed by atoms with van der Waals surface area (Å²) in [5.74, 6) is -1.20. The number of methoxy groups -OCH3 is 2. The van der Waals surface area contributed by atoms with Crippen LogP contribution in [0.3, 0.4) is 0 Å². The van der Waals surface area contributed by atoms with Crippen LogP contribution in [0, 0.1) is 0 Å². The molecule has 2 rings (SSSR count). The molecule has 1 amide bonds. The molecule has 0 spiro atoms. The second-order valence-corrected chi connectivity index (χ2v) is 6.05. The van der Waals surface area contributed by atoms with Gasteiger partial charge in [0.15, 0.2) is 6.61 Å². The largest absolute Gasteiger partial charge is 0.497 e. The van der Waals surface area contributed by atoms with Gasteiger partial charge >= 0.3 is 11.9 Å². The first-order valence-electron chi connectivity index (χ1n) is 8.92. The fourth-order valence-corrected chi connectivity index (χ4v) is 2.52. The Morgan fingerprint density at radius 1 is 1.03 bits per heavy atom. The molecule has 29 heavy (non-hydrogen) atoms. The normalized spacial score (nSPS) is 11.5. The molecule has 7 heteroatoms. The molecule has 152 valence electrons. The van der Waals surface area contributed by atoms with Crippen molar-refractivity contribution >= 4 is 23.9 Å². The van der Waals surface area contributed by atoms with E-state index in [0.29, 0.717) is 5.75 Å². The topological polar surface area (TPSA) is 90.9 Å². The van der Waals surface area contributed by atoms with Crippen molar-refractivity contribution in [1.82, 2.24) is 5.32 Å². The first-order chi connectivity index (χ1) is 14.0. The first kappa shape index (κ1) is 21.7. The van der Waals surface area contributed by atoms with E-state index in [1.54, 1.807) is 37.5 Å². The number of carbonyl (C=O) groups excluding carboxylic acids is 3. The Morgan fingerprint density at radius 3 is 2.48 bits per heavy atom. The van der Waals surface area contributed by atoms with Crippen LogP contribution in [0.1, 0.15) is 11.1 Å². The molecule has 0 radical (unpaired) electrons. The second kappa shape index (κ2) is 11.3. The van der Waals surface area contributed by atoms with E-state index in [2.05, 4.69) is 5.32 Å². The van der Waals surface area contributed by atoms with E-state index >= 15 is 0 Å². The molecule has 1 atom stereocenters.